The highest BCUT2D eigenvalue weighted by molar-refractivity contribution is 6.10. The van der Waals surface area contributed by atoms with Crippen molar-refractivity contribution in [3.05, 3.63) is 0 Å². The van der Waals surface area contributed by atoms with Gasteiger partial charge in [-0.2, -0.15) is 0 Å². The summed E-state index contributed by atoms with van der Waals surface area (Å²) in [6.07, 6.45) is 0. The van der Waals surface area contributed by atoms with E-state index in [2.05, 4.69) is 15.4 Å². The molecule has 1 aliphatic rings. The van der Waals surface area contributed by atoms with Gasteiger partial charge < -0.3 is 20.1 Å². The van der Waals surface area contributed by atoms with Gasteiger partial charge in [-0.05, 0) is 13.8 Å². The fourth-order valence-corrected chi connectivity index (χ4v) is 1.54. The van der Waals surface area contributed by atoms with E-state index in [1.165, 1.54) is 6.92 Å². The van der Waals surface area contributed by atoms with Crippen molar-refractivity contribution in [1.29, 1.82) is 0 Å². The van der Waals surface area contributed by atoms with Gasteiger partial charge in [0.15, 0.2) is 0 Å². The van der Waals surface area contributed by atoms with E-state index >= 15 is 0 Å². The molecule has 1 atom stereocenters. The van der Waals surface area contributed by atoms with Crippen LogP contribution in [0.2, 0.25) is 0 Å². The molecule has 1 rings (SSSR count). The molecule has 0 aromatic carbocycles. The lowest BCUT2D eigenvalue weighted by Crippen LogP contribution is -2.73. The lowest BCUT2D eigenvalue weighted by Gasteiger charge is -2.41. The van der Waals surface area contributed by atoms with Crippen molar-refractivity contribution < 1.29 is 23.9 Å². The zero-order valence-corrected chi connectivity index (χ0v) is 10.2. The lowest BCUT2D eigenvalue weighted by molar-refractivity contribution is -0.177. The third kappa shape index (κ3) is 2.55. The van der Waals surface area contributed by atoms with Gasteiger partial charge in [0.25, 0.3) is 5.91 Å². The molecule has 0 aliphatic carbocycles. The smallest absolute Gasteiger partial charge is 0.344 e. The second-order valence-corrected chi connectivity index (χ2v) is 4.33. The number of carbonyl (C=O) groups excluding carboxylic acids is 3. The molecule has 2 N–H and O–H groups in total. The summed E-state index contributed by atoms with van der Waals surface area (Å²) in [4.78, 5) is 34.7. The molecular formula is C10H16N2O5. The number of ether oxygens (including phenoxy) is 2. The molecule has 7 nitrogen and oxygen atoms in total. The minimum atomic E-state index is -1.81. The van der Waals surface area contributed by atoms with E-state index in [0.717, 1.165) is 7.11 Å². The molecule has 1 aliphatic heterocycles. The Hall–Kier alpha value is -1.63. The summed E-state index contributed by atoms with van der Waals surface area (Å²) in [5.74, 6) is -2.02. The topological polar surface area (TPSA) is 93.7 Å². The zero-order valence-electron chi connectivity index (χ0n) is 10.2. The average Bonchev–Trinajstić information content (AvgIpc) is 2.20. The van der Waals surface area contributed by atoms with Crippen LogP contribution in [-0.4, -0.2) is 42.8 Å². The second kappa shape index (κ2) is 4.33. The molecule has 1 heterocycles. The van der Waals surface area contributed by atoms with Gasteiger partial charge in [-0.3, -0.25) is 9.59 Å². The largest absolute Gasteiger partial charge is 0.467 e. The number of nitrogens with one attached hydrogen (secondary N) is 2. The Balaban J connectivity index is 3.04. The van der Waals surface area contributed by atoms with Crippen LogP contribution in [0.3, 0.4) is 0 Å². The SMILES string of the molecule is COC(=O)[C@@]1(NC(C)=O)COC(C)(C)NC1=O. The van der Waals surface area contributed by atoms with Crippen LogP contribution < -0.4 is 10.6 Å². The molecule has 0 aromatic rings. The molecule has 96 valence electrons. The molecule has 0 spiro atoms. The predicted molar refractivity (Wildman–Crippen MR) is 56.7 cm³/mol. The van der Waals surface area contributed by atoms with E-state index in [1.54, 1.807) is 13.8 Å². The molecule has 1 fully saturated rings. The van der Waals surface area contributed by atoms with E-state index < -0.39 is 29.0 Å². The van der Waals surface area contributed by atoms with Crippen LogP contribution >= 0.6 is 0 Å². The summed E-state index contributed by atoms with van der Waals surface area (Å²) in [5.41, 5.74) is -2.69. The van der Waals surface area contributed by atoms with Gasteiger partial charge in [-0.15, -0.1) is 0 Å². The van der Waals surface area contributed by atoms with Gasteiger partial charge >= 0.3 is 5.97 Å². The lowest BCUT2D eigenvalue weighted by atomic mass is 9.96. The van der Waals surface area contributed by atoms with Crippen molar-refractivity contribution in [3.63, 3.8) is 0 Å². The highest BCUT2D eigenvalue weighted by atomic mass is 16.5. The Bertz CT molecular complexity index is 366. The molecule has 0 aromatic heterocycles. The Morgan fingerprint density at radius 1 is 1.47 bits per heavy atom. The quantitative estimate of drug-likeness (QED) is 0.476. The van der Waals surface area contributed by atoms with Gasteiger partial charge in [-0.25, -0.2) is 4.79 Å². The summed E-state index contributed by atoms with van der Waals surface area (Å²) < 4.78 is 9.87. The molecular weight excluding hydrogens is 228 g/mol. The second-order valence-electron chi connectivity index (χ2n) is 4.33. The predicted octanol–water partition coefficient (Wildman–Crippen LogP) is -1.08. The number of methoxy groups -OCH3 is 1. The van der Waals surface area contributed by atoms with Gasteiger partial charge in [0.05, 0.1) is 13.7 Å². The van der Waals surface area contributed by atoms with Crippen molar-refractivity contribution in [2.75, 3.05) is 13.7 Å². The summed E-state index contributed by atoms with van der Waals surface area (Å²) in [6, 6.07) is 0. The van der Waals surface area contributed by atoms with Crippen molar-refractivity contribution >= 4 is 17.8 Å². The van der Waals surface area contributed by atoms with Gasteiger partial charge in [0.2, 0.25) is 11.4 Å². The minimum Gasteiger partial charge on any atom is -0.467 e. The Morgan fingerprint density at radius 3 is 2.47 bits per heavy atom. The van der Waals surface area contributed by atoms with E-state index in [0.29, 0.717) is 0 Å². The first-order valence-corrected chi connectivity index (χ1v) is 5.07. The maximum Gasteiger partial charge on any atom is 0.344 e. The molecule has 0 bridgehead atoms. The first-order chi connectivity index (χ1) is 7.73. The van der Waals surface area contributed by atoms with Crippen LogP contribution in [0.1, 0.15) is 20.8 Å². The highest BCUT2D eigenvalue weighted by Crippen LogP contribution is 2.20. The number of rotatable bonds is 2. The summed E-state index contributed by atoms with van der Waals surface area (Å²) >= 11 is 0. The normalized spacial score (nSPS) is 26.9. The van der Waals surface area contributed by atoms with Crippen LogP contribution in [0.15, 0.2) is 0 Å². The van der Waals surface area contributed by atoms with Crippen LogP contribution in [0, 0.1) is 0 Å². The fraction of sp³-hybridized carbons (Fsp3) is 0.700. The maximum atomic E-state index is 12.0. The first-order valence-electron chi connectivity index (χ1n) is 5.07. The molecule has 0 saturated carbocycles. The van der Waals surface area contributed by atoms with E-state index in [-0.39, 0.29) is 6.61 Å². The van der Waals surface area contributed by atoms with Crippen LogP contribution in [-0.2, 0) is 23.9 Å². The van der Waals surface area contributed by atoms with Crippen molar-refractivity contribution in [3.8, 4) is 0 Å². The van der Waals surface area contributed by atoms with Crippen LogP contribution in [0.5, 0.6) is 0 Å². The molecule has 17 heavy (non-hydrogen) atoms. The highest BCUT2D eigenvalue weighted by Gasteiger charge is 2.53. The molecule has 2 amide bonds. The number of hydrogen-bond donors (Lipinski definition) is 2. The zero-order chi connectivity index (χ0) is 13.3. The molecule has 0 radical (unpaired) electrons. The van der Waals surface area contributed by atoms with Crippen molar-refractivity contribution in [1.82, 2.24) is 10.6 Å². The minimum absolute atomic E-state index is 0.266. The third-order valence-electron chi connectivity index (χ3n) is 2.37. The summed E-state index contributed by atoms with van der Waals surface area (Å²) in [6.45, 7) is 4.22. The molecule has 1 saturated heterocycles. The standard InChI is InChI=1S/C10H16N2O5/c1-6(13)11-10(8(15)16-4)5-17-9(2,3)12-7(10)14/h5H2,1-4H3,(H,11,13)(H,12,14)/t10-/m1/s1. The summed E-state index contributed by atoms with van der Waals surface area (Å²) in [7, 11) is 1.14. The van der Waals surface area contributed by atoms with Crippen molar-refractivity contribution in [2.24, 2.45) is 0 Å². The van der Waals surface area contributed by atoms with E-state index in [4.69, 9.17) is 4.74 Å². The first kappa shape index (κ1) is 13.4. The Labute approximate surface area is 98.8 Å². The van der Waals surface area contributed by atoms with Gasteiger partial charge in [0, 0.05) is 6.92 Å². The maximum absolute atomic E-state index is 12.0. The summed E-state index contributed by atoms with van der Waals surface area (Å²) in [5, 5.41) is 4.77. The average molecular weight is 244 g/mol. The number of hydrogen-bond acceptors (Lipinski definition) is 5. The van der Waals surface area contributed by atoms with Crippen LogP contribution in [0.4, 0.5) is 0 Å². The number of carbonyl (C=O) groups is 3. The van der Waals surface area contributed by atoms with E-state index in [9.17, 15) is 14.4 Å². The molecule has 7 heteroatoms. The van der Waals surface area contributed by atoms with E-state index in [1.807, 2.05) is 0 Å². The Morgan fingerprint density at radius 2 is 2.06 bits per heavy atom. The fourth-order valence-electron chi connectivity index (χ4n) is 1.54. The van der Waals surface area contributed by atoms with Gasteiger partial charge in [0.1, 0.15) is 5.72 Å². The number of amides is 2. The molecule has 0 unspecified atom stereocenters. The Kier molecular flexibility index (Phi) is 3.42. The third-order valence-corrected chi connectivity index (χ3v) is 2.37. The number of esters is 1. The van der Waals surface area contributed by atoms with Crippen LogP contribution in [0.25, 0.3) is 0 Å². The monoisotopic (exact) mass is 244 g/mol. The van der Waals surface area contributed by atoms with Gasteiger partial charge in [-0.1, -0.05) is 0 Å². The van der Waals surface area contributed by atoms with Crippen molar-refractivity contribution in [2.45, 2.75) is 32.0 Å².